The molecule has 96 valence electrons. The Hall–Kier alpha value is -0.580. The Morgan fingerprint density at radius 3 is 3.06 bits per heavy atom. The lowest BCUT2D eigenvalue weighted by Crippen LogP contribution is -2.41. The predicted octanol–water partition coefficient (Wildman–Crippen LogP) is 2.22. The van der Waals surface area contributed by atoms with Gasteiger partial charge in [-0.3, -0.25) is 4.79 Å². The first-order valence-corrected chi connectivity index (χ1v) is 6.66. The van der Waals surface area contributed by atoms with Crippen molar-refractivity contribution in [1.82, 2.24) is 4.90 Å². The Labute approximate surface area is 112 Å². The monoisotopic (exact) mass is 274 g/mol. The van der Waals surface area contributed by atoms with Crippen LogP contribution in [0.1, 0.15) is 30.6 Å². The average Bonchev–Trinajstić information content (AvgIpc) is 2.97. The van der Waals surface area contributed by atoms with Gasteiger partial charge in [0.05, 0.1) is 5.92 Å². The summed E-state index contributed by atoms with van der Waals surface area (Å²) < 4.78 is 0. The van der Waals surface area contributed by atoms with Crippen LogP contribution in [0.3, 0.4) is 0 Å². The summed E-state index contributed by atoms with van der Waals surface area (Å²) in [5.41, 5.74) is 5.69. The molecule has 2 atom stereocenters. The van der Waals surface area contributed by atoms with E-state index in [0.29, 0.717) is 6.54 Å². The maximum atomic E-state index is 12.3. The third-order valence-corrected chi connectivity index (χ3v) is 4.33. The molecule has 0 aromatic carbocycles. The van der Waals surface area contributed by atoms with Gasteiger partial charge >= 0.3 is 0 Å². The van der Waals surface area contributed by atoms with Crippen LogP contribution in [0.2, 0.25) is 0 Å². The molecule has 0 aliphatic carbocycles. The van der Waals surface area contributed by atoms with Crippen molar-refractivity contribution in [2.75, 3.05) is 13.1 Å². The molecular formula is C12H19ClN2OS. The number of hydrogen-bond donors (Lipinski definition) is 1. The standard InChI is InChI=1S/C12H18N2OS.ClH/c1-9(11-5-3-7-16-11)12(15)14-6-2-4-10(14)8-13;/h3,5,7,9-10H,2,4,6,8,13H2,1H3;1H. The van der Waals surface area contributed by atoms with Gasteiger partial charge in [0.1, 0.15) is 0 Å². The fraction of sp³-hybridized carbons (Fsp3) is 0.583. The number of amides is 1. The summed E-state index contributed by atoms with van der Waals surface area (Å²) in [6, 6.07) is 4.28. The van der Waals surface area contributed by atoms with E-state index in [0.717, 1.165) is 24.3 Å². The fourth-order valence-electron chi connectivity index (χ4n) is 2.28. The summed E-state index contributed by atoms with van der Waals surface area (Å²) in [7, 11) is 0. The van der Waals surface area contributed by atoms with Gasteiger partial charge in [0.2, 0.25) is 5.91 Å². The summed E-state index contributed by atoms with van der Waals surface area (Å²) >= 11 is 1.65. The Bertz CT molecular complexity index is 355. The maximum absolute atomic E-state index is 12.3. The van der Waals surface area contributed by atoms with Gasteiger partial charge in [-0.15, -0.1) is 23.7 Å². The SMILES string of the molecule is CC(C(=O)N1CCCC1CN)c1cccs1.Cl. The van der Waals surface area contributed by atoms with E-state index in [1.165, 1.54) is 0 Å². The van der Waals surface area contributed by atoms with Gasteiger partial charge < -0.3 is 10.6 Å². The minimum absolute atomic E-state index is 0. The zero-order valence-corrected chi connectivity index (χ0v) is 11.6. The van der Waals surface area contributed by atoms with Crippen LogP contribution < -0.4 is 5.73 Å². The van der Waals surface area contributed by atoms with Gasteiger partial charge in [-0.2, -0.15) is 0 Å². The van der Waals surface area contributed by atoms with Gasteiger partial charge in [0, 0.05) is 24.0 Å². The highest BCUT2D eigenvalue weighted by Crippen LogP contribution is 2.26. The van der Waals surface area contributed by atoms with Crippen LogP contribution in [-0.2, 0) is 4.79 Å². The van der Waals surface area contributed by atoms with Crippen molar-refractivity contribution < 1.29 is 4.79 Å². The van der Waals surface area contributed by atoms with Gasteiger partial charge in [-0.1, -0.05) is 6.07 Å². The van der Waals surface area contributed by atoms with E-state index in [9.17, 15) is 4.79 Å². The average molecular weight is 275 g/mol. The molecule has 2 N–H and O–H groups in total. The highest BCUT2D eigenvalue weighted by atomic mass is 35.5. The molecule has 1 aromatic rings. The lowest BCUT2D eigenvalue weighted by atomic mass is 10.1. The summed E-state index contributed by atoms with van der Waals surface area (Å²) in [5, 5.41) is 2.02. The molecule has 2 unspecified atom stereocenters. The third kappa shape index (κ3) is 3.00. The molecule has 1 fully saturated rings. The first kappa shape index (κ1) is 14.5. The molecule has 1 saturated heterocycles. The Balaban J connectivity index is 0.00000144. The smallest absolute Gasteiger partial charge is 0.230 e. The molecule has 1 aliphatic rings. The van der Waals surface area contributed by atoms with Crippen LogP contribution in [-0.4, -0.2) is 29.9 Å². The van der Waals surface area contributed by atoms with Crippen molar-refractivity contribution >= 4 is 29.7 Å². The van der Waals surface area contributed by atoms with E-state index in [4.69, 9.17) is 5.73 Å². The quantitative estimate of drug-likeness (QED) is 0.919. The highest BCUT2D eigenvalue weighted by Gasteiger charge is 2.31. The molecule has 2 heterocycles. The number of likely N-dealkylation sites (tertiary alicyclic amines) is 1. The lowest BCUT2D eigenvalue weighted by Gasteiger charge is -2.26. The zero-order chi connectivity index (χ0) is 11.5. The molecule has 0 spiro atoms. The zero-order valence-electron chi connectivity index (χ0n) is 9.96. The third-order valence-electron chi connectivity index (χ3n) is 3.27. The second-order valence-electron chi connectivity index (χ2n) is 4.30. The van der Waals surface area contributed by atoms with Crippen LogP contribution in [0, 0.1) is 0 Å². The summed E-state index contributed by atoms with van der Waals surface area (Å²) in [6.07, 6.45) is 2.14. The number of thiophene rings is 1. The van der Waals surface area contributed by atoms with Crippen molar-refractivity contribution in [1.29, 1.82) is 0 Å². The molecule has 17 heavy (non-hydrogen) atoms. The summed E-state index contributed by atoms with van der Waals surface area (Å²) in [6.45, 7) is 3.44. The maximum Gasteiger partial charge on any atom is 0.230 e. The number of carbonyl (C=O) groups is 1. The Morgan fingerprint density at radius 2 is 2.47 bits per heavy atom. The second kappa shape index (κ2) is 6.38. The number of nitrogens with zero attached hydrogens (tertiary/aromatic N) is 1. The minimum atomic E-state index is -0.0212. The van der Waals surface area contributed by atoms with Crippen LogP contribution in [0.5, 0.6) is 0 Å². The first-order chi connectivity index (χ1) is 7.74. The molecular weight excluding hydrogens is 256 g/mol. The Morgan fingerprint density at radius 1 is 1.71 bits per heavy atom. The van der Waals surface area contributed by atoms with Crippen molar-refractivity contribution in [3.05, 3.63) is 22.4 Å². The minimum Gasteiger partial charge on any atom is -0.338 e. The molecule has 0 bridgehead atoms. The van der Waals surface area contributed by atoms with Crippen LogP contribution >= 0.6 is 23.7 Å². The summed E-state index contributed by atoms with van der Waals surface area (Å²) in [5.74, 6) is 0.211. The van der Waals surface area contributed by atoms with E-state index >= 15 is 0 Å². The predicted molar refractivity (Wildman–Crippen MR) is 73.8 cm³/mol. The normalized spacial score (nSPS) is 21.1. The highest BCUT2D eigenvalue weighted by molar-refractivity contribution is 7.10. The van der Waals surface area contributed by atoms with E-state index in [1.807, 2.05) is 29.3 Å². The van der Waals surface area contributed by atoms with Crippen molar-refractivity contribution in [3.8, 4) is 0 Å². The molecule has 3 nitrogen and oxygen atoms in total. The van der Waals surface area contributed by atoms with Gasteiger partial charge in [-0.25, -0.2) is 0 Å². The van der Waals surface area contributed by atoms with Gasteiger partial charge in [-0.05, 0) is 31.2 Å². The molecule has 5 heteroatoms. The molecule has 1 amide bonds. The largest absolute Gasteiger partial charge is 0.338 e. The molecule has 0 saturated carbocycles. The van der Waals surface area contributed by atoms with E-state index in [1.54, 1.807) is 11.3 Å². The van der Waals surface area contributed by atoms with E-state index in [2.05, 4.69) is 0 Å². The topological polar surface area (TPSA) is 46.3 Å². The van der Waals surface area contributed by atoms with E-state index < -0.39 is 0 Å². The first-order valence-electron chi connectivity index (χ1n) is 5.78. The van der Waals surface area contributed by atoms with Gasteiger partial charge in [0.25, 0.3) is 0 Å². The summed E-state index contributed by atoms with van der Waals surface area (Å²) in [4.78, 5) is 15.4. The van der Waals surface area contributed by atoms with Crippen LogP contribution in [0.4, 0.5) is 0 Å². The fourth-order valence-corrected chi connectivity index (χ4v) is 3.06. The van der Waals surface area contributed by atoms with Crippen LogP contribution in [0.15, 0.2) is 17.5 Å². The molecule has 2 rings (SSSR count). The number of hydrogen-bond acceptors (Lipinski definition) is 3. The van der Waals surface area contributed by atoms with Crippen molar-refractivity contribution in [3.63, 3.8) is 0 Å². The van der Waals surface area contributed by atoms with Crippen LogP contribution in [0.25, 0.3) is 0 Å². The molecule has 1 aromatic heterocycles. The lowest BCUT2D eigenvalue weighted by molar-refractivity contribution is -0.133. The van der Waals surface area contributed by atoms with Gasteiger partial charge in [0.15, 0.2) is 0 Å². The molecule has 1 aliphatic heterocycles. The van der Waals surface area contributed by atoms with Crippen molar-refractivity contribution in [2.45, 2.75) is 31.7 Å². The van der Waals surface area contributed by atoms with Crippen molar-refractivity contribution in [2.24, 2.45) is 5.73 Å². The Kier molecular flexibility index (Phi) is 5.43. The molecule has 0 radical (unpaired) electrons. The second-order valence-corrected chi connectivity index (χ2v) is 5.28. The number of nitrogens with two attached hydrogens (primary N) is 1. The number of halogens is 1. The number of rotatable bonds is 3. The number of carbonyl (C=O) groups excluding carboxylic acids is 1. The van der Waals surface area contributed by atoms with E-state index in [-0.39, 0.29) is 30.3 Å².